The van der Waals surface area contributed by atoms with E-state index in [-0.39, 0.29) is 43.4 Å². The molecule has 2 aromatic rings. The van der Waals surface area contributed by atoms with E-state index in [0.717, 1.165) is 5.56 Å². The Kier molecular flexibility index (Phi) is 7.45. The Bertz CT molecular complexity index is 1130. The second kappa shape index (κ2) is 10.9. The van der Waals surface area contributed by atoms with Crippen molar-refractivity contribution in [2.75, 3.05) is 19.8 Å². The number of carbonyl (C=O) groups excluding carboxylic acids is 4. The number of urea groups is 1. The number of ether oxygens (including phenoxy) is 2. The third-order valence-electron chi connectivity index (χ3n) is 5.90. The lowest BCUT2D eigenvalue weighted by molar-refractivity contribution is -0.148. The molecule has 3 amide bonds. The van der Waals surface area contributed by atoms with Crippen LogP contribution in [0.2, 0.25) is 0 Å². The lowest BCUT2D eigenvalue weighted by Crippen LogP contribution is -2.47. The molecule has 2 aliphatic heterocycles. The second-order valence-corrected chi connectivity index (χ2v) is 8.32. The molecule has 2 aromatic carbocycles. The fraction of sp³-hybridized carbons (Fsp3) is 0.308. The standard InChI is InChI=1S/C26H27N3O6/c1-2-34-25(32)22-20(27-26(33)28-23(22)18-11-7-4-8-12-18)16-35-24(31)19-13-21(30)29(15-19)14-17-9-5-3-6-10-17/h3-12,19,23H,2,13-16H2,1H3,(H2,27,28,33)/t19-,23+/m0/s1. The summed E-state index contributed by atoms with van der Waals surface area (Å²) in [4.78, 5) is 52.0. The van der Waals surface area contributed by atoms with E-state index in [4.69, 9.17) is 9.47 Å². The van der Waals surface area contributed by atoms with Gasteiger partial charge in [0.25, 0.3) is 0 Å². The number of carbonyl (C=O) groups is 4. The van der Waals surface area contributed by atoms with Crippen molar-refractivity contribution in [3.8, 4) is 0 Å². The minimum Gasteiger partial charge on any atom is -0.463 e. The van der Waals surface area contributed by atoms with Gasteiger partial charge in [-0.3, -0.25) is 9.59 Å². The van der Waals surface area contributed by atoms with Crippen molar-refractivity contribution >= 4 is 23.9 Å². The summed E-state index contributed by atoms with van der Waals surface area (Å²) < 4.78 is 10.7. The minimum atomic E-state index is -0.757. The first kappa shape index (κ1) is 24.0. The fourth-order valence-corrected chi connectivity index (χ4v) is 4.23. The van der Waals surface area contributed by atoms with Crippen LogP contribution in [0.3, 0.4) is 0 Å². The Balaban J connectivity index is 1.48. The molecule has 1 fully saturated rings. The maximum absolute atomic E-state index is 12.8. The summed E-state index contributed by atoms with van der Waals surface area (Å²) in [6.45, 7) is 2.17. The number of amides is 3. The zero-order valence-corrected chi connectivity index (χ0v) is 19.4. The van der Waals surface area contributed by atoms with E-state index in [0.29, 0.717) is 12.1 Å². The van der Waals surface area contributed by atoms with Crippen molar-refractivity contribution in [3.63, 3.8) is 0 Å². The van der Waals surface area contributed by atoms with Gasteiger partial charge in [0.05, 0.1) is 29.8 Å². The highest BCUT2D eigenvalue weighted by atomic mass is 16.5. The van der Waals surface area contributed by atoms with Crippen molar-refractivity contribution in [3.05, 3.63) is 83.1 Å². The van der Waals surface area contributed by atoms with E-state index in [1.807, 2.05) is 36.4 Å². The number of hydrogen-bond acceptors (Lipinski definition) is 6. The van der Waals surface area contributed by atoms with E-state index < -0.39 is 29.9 Å². The predicted octanol–water partition coefficient (Wildman–Crippen LogP) is 2.45. The summed E-state index contributed by atoms with van der Waals surface area (Å²) in [5.41, 5.74) is 1.98. The fourth-order valence-electron chi connectivity index (χ4n) is 4.23. The van der Waals surface area contributed by atoms with Crippen LogP contribution in [0.1, 0.15) is 30.5 Å². The molecule has 2 atom stereocenters. The van der Waals surface area contributed by atoms with Crippen LogP contribution in [0.15, 0.2) is 71.9 Å². The van der Waals surface area contributed by atoms with Crippen LogP contribution in [0.5, 0.6) is 0 Å². The van der Waals surface area contributed by atoms with E-state index in [1.54, 1.807) is 36.1 Å². The van der Waals surface area contributed by atoms with Crippen LogP contribution >= 0.6 is 0 Å². The van der Waals surface area contributed by atoms with Gasteiger partial charge in [0.1, 0.15) is 6.61 Å². The number of likely N-dealkylation sites (tertiary alicyclic amines) is 1. The summed E-state index contributed by atoms with van der Waals surface area (Å²) in [6, 6.07) is 17.2. The molecule has 0 aliphatic carbocycles. The Morgan fingerprint density at radius 3 is 2.37 bits per heavy atom. The molecule has 2 heterocycles. The van der Waals surface area contributed by atoms with E-state index in [1.165, 1.54) is 0 Å². The quantitative estimate of drug-likeness (QED) is 0.565. The van der Waals surface area contributed by atoms with Gasteiger partial charge >= 0.3 is 18.0 Å². The lowest BCUT2D eigenvalue weighted by Gasteiger charge is -2.29. The van der Waals surface area contributed by atoms with Crippen LogP contribution in [0.4, 0.5) is 4.79 Å². The van der Waals surface area contributed by atoms with Crippen molar-refractivity contribution in [1.82, 2.24) is 15.5 Å². The zero-order chi connectivity index (χ0) is 24.8. The molecular formula is C26H27N3O6. The summed E-state index contributed by atoms with van der Waals surface area (Å²) in [5.74, 6) is -1.93. The molecule has 0 saturated carbocycles. The molecular weight excluding hydrogens is 450 g/mol. The SMILES string of the molecule is CCOC(=O)C1=C(COC(=O)[C@H]2CC(=O)N(Cc3ccccc3)C2)NC(=O)N[C@@H]1c1ccccc1. The molecule has 2 aliphatic rings. The average Bonchev–Trinajstić information content (AvgIpc) is 3.23. The third-order valence-corrected chi connectivity index (χ3v) is 5.90. The van der Waals surface area contributed by atoms with Gasteiger partial charge in [0.2, 0.25) is 5.91 Å². The zero-order valence-electron chi connectivity index (χ0n) is 19.4. The summed E-state index contributed by atoms with van der Waals surface area (Å²) in [7, 11) is 0. The van der Waals surface area contributed by atoms with Crippen molar-refractivity contribution in [2.45, 2.75) is 25.9 Å². The largest absolute Gasteiger partial charge is 0.463 e. The van der Waals surface area contributed by atoms with Gasteiger partial charge in [0.15, 0.2) is 0 Å². The van der Waals surface area contributed by atoms with Gasteiger partial charge in [-0.05, 0) is 18.1 Å². The first-order valence-corrected chi connectivity index (χ1v) is 11.5. The van der Waals surface area contributed by atoms with Crippen LogP contribution in [0.25, 0.3) is 0 Å². The Morgan fingerprint density at radius 2 is 1.69 bits per heavy atom. The molecule has 4 rings (SSSR count). The number of rotatable bonds is 8. The normalized spacial score (nSPS) is 19.7. The first-order valence-electron chi connectivity index (χ1n) is 11.5. The van der Waals surface area contributed by atoms with Crippen molar-refractivity contribution in [2.24, 2.45) is 5.92 Å². The predicted molar refractivity (Wildman–Crippen MR) is 125 cm³/mol. The van der Waals surface area contributed by atoms with E-state index >= 15 is 0 Å². The Hall–Kier alpha value is -4.14. The maximum atomic E-state index is 12.8. The molecule has 2 N–H and O–H groups in total. The van der Waals surface area contributed by atoms with Crippen molar-refractivity contribution < 1.29 is 28.7 Å². The lowest BCUT2D eigenvalue weighted by atomic mass is 9.95. The van der Waals surface area contributed by atoms with Crippen molar-refractivity contribution in [1.29, 1.82) is 0 Å². The maximum Gasteiger partial charge on any atom is 0.338 e. The molecule has 0 bridgehead atoms. The average molecular weight is 478 g/mol. The Morgan fingerprint density at radius 1 is 1.00 bits per heavy atom. The number of esters is 2. The summed E-state index contributed by atoms with van der Waals surface area (Å²) in [6.07, 6.45) is 0.0516. The topological polar surface area (TPSA) is 114 Å². The van der Waals surface area contributed by atoms with Gasteiger partial charge in [-0.2, -0.15) is 0 Å². The first-order chi connectivity index (χ1) is 17.0. The smallest absolute Gasteiger partial charge is 0.338 e. The summed E-state index contributed by atoms with van der Waals surface area (Å²) >= 11 is 0. The number of hydrogen-bond donors (Lipinski definition) is 2. The van der Waals surface area contributed by atoms with Crippen LogP contribution in [-0.2, 0) is 30.4 Å². The highest BCUT2D eigenvalue weighted by Crippen LogP contribution is 2.28. The van der Waals surface area contributed by atoms with Crippen LogP contribution in [0, 0.1) is 5.92 Å². The molecule has 0 unspecified atom stereocenters. The number of nitrogens with zero attached hydrogens (tertiary/aromatic N) is 1. The molecule has 0 spiro atoms. The molecule has 35 heavy (non-hydrogen) atoms. The summed E-state index contributed by atoms with van der Waals surface area (Å²) in [5, 5.41) is 5.30. The third kappa shape index (κ3) is 5.68. The van der Waals surface area contributed by atoms with E-state index in [9.17, 15) is 19.2 Å². The monoisotopic (exact) mass is 477 g/mol. The van der Waals surface area contributed by atoms with Gasteiger partial charge in [-0.25, -0.2) is 9.59 Å². The van der Waals surface area contributed by atoms with Crippen LogP contribution in [-0.4, -0.2) is 48.5 Å². The number of nitrogens with one attached hydrogen (secondary N) is 2. The van der Waals surface area contributed by atoms with Gasteiger partial charge in [-0.1, -0.05) is 60.7 Å². The number of benzene rings is 2. The molecule has 182 valence electrons. The molecule has 9 nitrogen and oxygen atoms in total. The van der Waals surface area contributed by atoms with Gasteiger partial charge in [0, 0.05) is 19.5 Å². The Labute approximate surface area is 203 Å². The van der Waals surface area contributed by atoms with E-state index in [2.05, 4.69) is 10.6 Å². The minimum absolute atomic E-state index is 0.0516. The molecule has 0 aromatic heterocycles. The molecule has 0 radical (unpaired) electrons. The van der Waals surface area contributed by atoms with Crippen LogP contribution < -0.4 is 10.6 Å². The molecule has 1 saturated heterocycles. The van der Waals surface area contributed by atoms with Gasteiger partial charge < -0.3 is 25.0 Å². The highest BCUT2D eigenvalue weighted by molar-refractivity contribution is 5.95. The second-order valence-electron chi connectivity index (χ2n) is 8.32. The highest BCUT2D eigenvalue weighted by Gasteiger charge is 2.37. The molecule has 9 heteroatoms. The van der Waals surface area contributed by atoms with Gasteiger partial charge in [-0.15, -0.1) is 0 Å².